The maximum absolute atomic E-state index is 4.19. The van der Waals surface area contributed by atoms with Crippen LogP contribution in [-0.2, 0) is 21.1 Å². The molecule has 4 rings (SSSR count). The molecule has 0 aliphatic carbocycles. The van der Waals surface area contributed by atoms with Gasteiger partial charge in [0.15, 0.2) is 0 Å². The third-order valence-electron chi connectivity index (χ3n) is 2.79. The average Bonchev–Trinajstić information content (AvgIpc) is 3.31. The first-order valence-corrected chi connectivity index (χ1v) is 7.40. The van der Waals surface area contributed by atoms with Crippen LogP contribution in [0.5, 0.6) is 0 Å². The van der Waals surface area contributed by atoms with Crippen LogP contribution < -0.4 is 10.2 Å². The van der Waals surface area contributed by atoms with Crippen LogP contribution in [0.4, 0.5) is 0 Å². The van der Waals surface area contributed by atoms with E-state index in [4.69, 9.17) is 0 Å². The molecule has 6 nitrogen and oxygen atoms in total. The number of pyridine rings is 2. The van der Waals surface area contributed by atoms with E-state index >= 15 is 0 Å². The fourth-order valence-electron chi connectivity index (χ4n) is 1.63. The molecular formula is C18H18N6Pt. The van der Waals surface area contributed by atoms with Gasteiger partial charge in [0, 0.05) is 23.8 Å². The predicted molar refractivity (Wildman–Crippen MR) is 92.1 cm³/mol. The maximum atomic E-state index is 4.19. The van der Waals surface area contributed by atoms with Crippen molar-refractivity contribution in [1.29, 1.82) is 0 Å². The van der Waals surface area contributed by atoms with E-state index in [0.717, 1.165) is 22.8 Å². The van der Waals surface area contributed by atoms with Crippen LogP contribution in [0.1, 0.15) is 11.4 Å². The van der Waals surface area contributed by atoms with Crippen molar-refractivity contribution in [3.05, 3.63) is 84.7 Å². The van der Waals surface area contributed by atoms with Gasteiger partial charge in [-0.1, -0.05) is 24.3 Å². The van der Waals surface area contributed by atoms with Gasteiger partial charge in [0.25, 0.3) is 0 Å². The molecule has 25 heavy (non-hydrogen) atoms. The van der Waals surface area contributed by atoms with Crippen LogP contribution in [-0.4, -0.2) is 20.2 Å². The molecule has 0 bridgehead atoms. The summed E-state index contributed by atoms with van der Waals surface area (Å²) in [6.07, 6.45) is 6.89. The van der Waals surface area contributed by atoms with E-state index < -0.39 is 0 Å². The van der Waals surface area contributed by atoms with Crippen molar-refractivity contribution in [2.75, 3.05) is 0 Å². The molecule has 4 aromatic rings. The average molecular weight is 513 g/mol. The zero-order chi connectivity index (χ0) is 17.0. The van der Waals surface area contributed by atoms with Crippen LogP contribution in [0, 0.1) is 13.8 Å². The molecule has 0 unspecified atom stereocenters. The van der Waals surface area contributed by atoms with Crippen molar-refractivity contribution in [1.82, 2.24) is 30.4 Å². The van der Waals surface area contributed by atoms with Crippen molar-refractivity contribution in [3.63, 3.8) is 0 Å². The van der Waals surface area contributed by atoms with E-state index in [1.165, 1.54) is 0 Å². The molecule has 0 atom stereocenters. The standard InChI is InChI=1S/C10H8N2.2C4H5N2.Pt/c1-3-7-11-9(5-1)10-6-2-4-8-12-10;2*1-4-2-3-5-6-4;/h1-8H;2*2-3H,1H3;/q;2*-1;+2. The van der Waals surface area contributed by atoms with Gasteiger partial charge in [0.05, 0.1) is 11.4 Å². The molecule has 0 aliphatic rings. The van der Waals surface area contributed by atoms with Gasteiger partial charge in [0.2, 0.25) is 0 Å². The van der Waals surface area contributed by atoms with E-state index in [2.05, 4.69) is 30.4 Å². The molecule has 4 heterocycles. The summed E-state index contributed by atoms with van der Waals surface area (Å²) in [5.74, 6) is 0. The molecule has 130 valence electrons. The Kier molecular flexibility index (Phi) is 9.71. The number of rotatable bonds is 1. The Balaban J connectivity index is 0.000000204. The molecule has 0 radical (unpaired) electrons. The summed E-state index contributed by atoms with van der Waals surface area (Å²) < 4.78 is 0. The van der Waals surface area contributed by atoms with Gasteiger partial charge < -0.3 is 20.4 Å². The summed E-state index contributed by atoms with van der Waals surface area (Å²) >= 11 is 0. The van der Waals surface area contributed by atoms with Crippen molar-refractivity contribution < 1.29 is 21.1 Å². The molecule has 4 aromatic heterocycles. The van der Waals surface area contributed by atoms with Crippen molar-refractivity contribution in [3.8, 4) is 11.4 Å². The zero-order valence-corrected chi connectivity index (χ0v) is 16.2. The number of hydrogen-bond acceptors (Lipinski definition) is 4. The van der Waals surface area contributed by atoms with Gasteiger partial charge >= 0.3 is 21.1 Å². The summed E-state index contributed by atoms with van der Waals surface area (Å²) in [5.41, 5.74) is 3.79. The SMILES string of the molecule is Cc1cc[n-]n1.Cc1cc[n-]n1.[Pt+2].c1ccc(-c2ccccn2)nc1. The summed E-state index contributed by atoms with van der Waals surface area (Å²) in [7, 11) is 0. The maximum Gasteiger partial charge on any atom is 2.00 e. The van der Waals surface area contributed by atoms with E-state index in [0.29, 0.717) is 0 Å². The van der Waals surface area contributed by atoms with E-state index in [1.807, 2.05) is 62.4 Å². The Morgan fingerprint density at radius 2 is 1.08 bits per heavy atom. The van der Waals surface area contributed by atoms with E-state index in [-0.39, 0.29) is 21.1 Å². The molecular weight excluding hydrogens is 495 g/mol. The summed E-state index contributed by atoms with van der Waals surface area (Å²) in [4.78, 5) is 8.37. The van der Waals surface area contributed by atoms with E-state index in [1.54, 1.807) is 24.8 Å². The molecule has 0 spiro atoms. The molecule has 0 saturated heterocycles. The quantitative estimate of drug-likeness (QED) is 0.390. The minimum atomic E-state index is 0. The van der Waals surface area contributed by atoms with Crippen molar-refractivity contribution in [2.24, 2.45) is 0 Å². The third kappa shape index (κ3) is 8.17. The number of hydrogen-bond donors (Lipinski definition) is 0. The first kappa shape index (κ1) is 20.5. The fourth-order valence-corrected chi connectivity index (χ4v) is 1.63. The van der Waals surface area contributed by atoms with Crippen LogP contribution in [0.25, 0.3) is 11.4 Å². The van der Waals surface area contributed by atoms with E-state index in [9.17, 15) is 0 Å². The van der Waals surface area contributed by atoms with Crippen molar-refractivity contribution >= 4 is 0 Å². The van der Waals surface area contributed by atoms with Crippen LogP contribution >= 0.6 is 0 Å². The third-order valence-corrected chi connectivity index (χ3v) is 2.79. The number of aromatic nitrogens is 6. The van der Waals surface area contributed by atoms with Gasteiger partial charge in [0.1, 0.15) is 0 Å². The predicted octanol–water partition coefficient (Wildman–Crippen LogP) is 2.84. The van der Waals surface area contributed by atoms with Crippen LogP contribution in [0.3, 0.4) is 0 Å². The molecule has 0 aliphatic heterocycles. The smallest absolute Gasteiger partial charge is 0.582 e. The minimum absolute atomic E-state index is 0. The topological polar surface area (TPSA) is 79.8 Å². The Labute approximate surface area is 161 Å². The van der Waals surface area contributed by atoms with Crippen LogP contribution in [0.2, 0.25) is 0 Å². The Bertz CT molecular complexity index is 701. The first-order valence-electron chi connectivity index (χ1n) is 7.40. The van der Waals surface area contributed by atoms with Gasteiger partial charge in [-0.3, -0.25) is 9.97 Å². The van der Waals surface area contributed by atoms with Gasteiger partial charge in [-0.05, 0) is 38.1 Å². The second-order valence-corrected chi connectivity index (χ2v) is 4.78. The number of nitrogens with zero attached hydrogens (tertiary/aromatic N) is 6. The molecule has 0 aromatic carbocycles. The van der Waals surface area contributed by atoms with Gasteiger partial charge in [-0.25, -0.2) is 0 Å². The normalized spacial score (nSPS) is 8.88. The molecule has 0 saturated carbocycles. The van der Waals surface area contributed by atoms with Crippen molar-refractivity contribution in [2.45, 2.75) is 13.8 Å². The largest absolute Gasteiger partial charge is 2.00 e. The minimum Gasteiger partial charge on any atom is -0.582 e. The second kappa shape index (κ2) is 11.9. The summed E-state index contributed by atoms with van der Waals surface area (Å²) in [6.45, 7) is 3.82. The van der Waals surface area contributed by atoms with Gasteiger partial charge in [-0.15, -0.1) is 0 Å². The number of aryl methyl sites for hydroxylation is 2. The molecule has 0 N–H and O–H groups in total. The molecule has 0 amide bonds. The molecule has 0 fully saturated rings. The Morgan fingerprint density at radius 1 is 0.640 bits per heavy atom. The Hall–Kier alpha value is -2.59. The summed E-state index contributed by atoms with van der Waals surface area (Å²) in [5, 5.41) is 14.5. The second-order valence-electron chi connectivity index (χ2n) is 4.78. The first-order chi connectivity index (χ1) is 11.8. The summed E-state index contributed by atoms with van der Waals surface area (Å²) in [6, 6.07) is 15.3. The monoisotopic (exact) mass is 513 g/mol. The fraction of sp³-hybridized carbons (Fsp3) is 0.111. The van der Waals surface area contributed by atoms with Crippen LogP contribution in [0.15, 0.2) is 73.3 Å². The zero-order valence-electron chi connectivity index (χ0n) is 13.9. The van der Waals surface area contributed by atoms with Gasteiger partial charge in [-0.2, -0.15) is 12.4 Å². The Morgan fingerprint density at radius 3 is 1.28 bits per heavy atom. The molecule has 7 heteroatoms.